The molecule has 0 heterocycles. The first-order valence-electron chi connectivity index (χ1n) is 3.66. The minimum Gasteiger partial charge on any atom is -0.487 e. The van der Waals surface area contributed by atoms with Crippen LogP contribution in [0.3, 0.4) is 0 Å². The second-order valence-corrected chi connectivity index (χ2v) is 2.30. The molecular formula is C8H15N3O. The molecule has 0 aromatic heterocycles. The quantitative estimate of drug-likeness (QED) is 0.376. The molecule has 0 aliphatic heterocycles. The zero-order valence-corrected chi connectivity index (χ0v) is 7.47. The lowest BCUT2D eigenvalue weighted by atomic mass is 10.1. The molecule has 0 rings (SSSR count). The van der Waals surface area contributed by atoms with E-state index in [-0.39, 0.29) is 12.1 Å². The van der Waals surface area contributed by atoms with Gasteiger partial charge in [-0.1, -0.05) is 13.0 Å². The lowest BCUT2D eigenvalue weighted by Gasteiger charge is -2.10. The summed E-state index contributed by atoms with van der Waals surface area (Å²) in [5.74, 6) is 0.149. The highest BCUT2D eigenvalue weighted by atomic mass is 16.5. The highest BCUT2D eigenvalue weighted by Crippen LogP contribution is 2.08. The fourth-order valence-corrected chi connectivity index (χ4v) is 0.643. The first-order valence-corrected chi connectivity index (χ1v) is 3.66. The zero-order chi connectivity index (χ0) is 9.40. The van der Waals surface area contributed by atoms with Crippen LogP contribution in [0.1, 0.15) is 6.92 Å². The first kappa shape index (κ1) is 10.7. The molecule has 4 nitrogen and oxygen atoms in total. The first-order chi connectivity index (χ1) is 5.76. The summed E-state index contributed by atoms with van der Waals surface area (Å²) in [6, 6.07) is 0. The van der Waals surface area contributed by atoms with Crippen molar-refractivity contribution in [3.8, 4) is 0 Å². The van der Waals surface area contributed by atoms with Gasteiger partial charge in [-0.2, -0.15) is 0 Å². The molecule has 68 valence electrons. The molecule has 0 amide bonds. The molecule has 12 heavy (non-hydrogen) atoms. The molecule has 0 spiro atoms. The second-order valence-electron chi connectivity index (χ2n) is 2.30. The smallest absolute Gasteiger partial charge is 0.171 e. The third-order valence-corrected chi connectivity index (χ3v) is 1.40. The van der Waals surface area contributed by atoms with Crippen LogP contribution in [0, 0.1) is 5.92 Å². The molecule has 0 fully saturated rings. The highest BCUT2D eigenvalue weighted by molar-refractivity contribution is 5.52. The van der Waals surface area contributed by atoms with E-state index in [9.17, 15) is 0 Å². The Labute approximate surface area is 72.8 Å². The summed E-state index contributed by atoms with van der Waals surface area (Å²) in [5.41, 5.74) is 5.15. The number of hydrogen-bond donors (Lipinski definition) is 1. The zero-order valence-electron chi connectivity index (χ0n) is 7.47. The molecule has 2 atom stereocenters. The number of nitrogens with zero attached hydrogens (tertiary/aromatic N) is 2. The summed E-state index contributed by atoms with van der Waals surface area (Å²) >= 11 is 0. The van der Waals surface area contributed by atoms with Crippen molar-refractivity contribution < 1.29 is 4.74 Å². The van der Waals surface area contributed by atoms with Crippen LogP contribution >= 0.6 is 0 Å². The van der Waals surface area contributed by atoms with Crippen LogP contribution in [0.2, 0.25) is 0 Å². The molecule has 0 saturated carbocycles. The summed E-state index contributed by atoms with van der Waals surface area (Å²) in [7, 11) is 1.53. The standard InChI is InChI=1S/C8H15N3O/c1-4-7(2)8(10-5-9)11-6-12-3/h4-8H,1H2,2-3H3,(H2,9,10)/b11-6+. The van der Waals surface area contributed by atoms with Gasteiger partial charge in [0, 0.05) is 5.92 Å². The number of aliphatic imine (C=N–C) groups is 2. The molecule has 0 radical (unpaired) electrons. The van der Waals surface area contributed by atoms with Gasteiger partial charge in [0.05, 0.1) is 13.4 Å². The number of hydrogen-bond acceptors (Lipinski definition) is 3. The fourth-order valence-electron chi connectivity index (χ4n) is 0.643. The van der Waals surface area contributed by atoms with E-state index in [1.807, 2.05) is 6.92 Å². The van der Waals surface area contributed by atoms with Gasteiger partial charge in [0.15, 0.2) is 12.6 Å². The van der Waals surface area contributed by atoms with E-state index in [1.165, 1.54) is 19.8 Å². The summed E-state index contributed by atoms with van der Waals surface area (Å²) in [5, 5.41) is 0. The maximum Gasteiger partial charge on any atom is 0.171 e. The van der Waals surface area contributed by atoms with Crippen LogP contribution in [-0.4, -0.2) is 26.0 Å². The fraction of sp³-hybridized carbons (Fsp3) is 0.500. The molecule has 0 aromatic rings. The van der Waals surface area contributed by atoms with Crippen molar-refractivity contribution in [1.82, 2.24) is 0 Å². The minimum atomic E-state index is -0.229. The maximum atomic E-state index is 5.15. The van der Waals surface area contributed by atoms with E-state index in [0.717, 1.165) is 0 Å². The number of nitrogens with two attached hydrogens (primary N) is 1. The van der Waals surface area contributed by atoms with Gasteiger partial charge in [-0.3, -0.25) is 0 Å². The Balaban J connectivity index is 4.21. The van der Waals surface area contributed by atoms with Crippen LogP contribution in [0.15, 0.2) is 22.6 Å². The van der Waals surface area contributed by atoms with Crippen LogP contribution in [-0.2, 0) is 4.74 Å². The summed E-state index contributed by atoms with van der Waals surface area (Å²) < 4.78 is 4.67. The van der Waals surface area contributed by atoms with Gasteiger partial charge in [0.1, 0.15) is 0 Å². The van der Waals surface area contributed by atoms with Crippen molar-refractivity contribution >= 4 is 12.7 Å². The molecule has 0 bridgehead atoms. The van der Waals surface area contributed by atoms with Gasteiger partial charge in [-0.25, -0.2) is 9.98 Å². The van der Waals surface area contributed by atoms with E-state index in [2.05, 4.69) is 21.3 Å². The van der Waals surface area contributed by atoms with Crippen LogP contribution in [0.4, 0.5) is 0 Å². The highest BCUT2D eigenvalue weighted by Gasteiger charge is 2.09. The van der Waals surface area contributed by atoms with E-state index in [0.29, 0.717) is 0 Å². The Morgan fingerprint density at radius 3 is 2.58 bits per heavy atom. The summed E-state index contributed by atoms with van der Waals surface area (Å²) in [6.07, 6.45) is 4.12. The van der Waals surface area contributed by atoms with Crippen molar-refractivity contribution in [3.63, 3.8) is 0 Å². The van der Waals surface area contributed by atoms with Crippen molar-refractivity contribution in [2.24, 2.45) is 21.6 Å². The number of ether oxygens (including phenoxy) is 1. The Morgan fingerprint density at radius 1 is 1.50 bits per heavy atom. The van der Waals surface area contributed by atoms with Crippen molar-refractivity contribution in [2.75, 3.05) is 7.11 Å². The van der Waals surface area contributed by atoms with Gasteiger partial charge in [-0.05, 0) is 0 Å². The average Bonchev–Trinajstić information content (AvgIpc) is 2.11. The van der Waals surface area contributed by atoms with Crippen LogP contribution < -0.4 is 5.73 Å². The van der Waals surface area contributed by atoms with Gasteiger partial charge in [0.25, 0.3) is 0 Å². The lowest BCUT2D eigenvalue weighted by molar-refractivity contribution is 0.413. The van der Waals surface area contributed by atoms with E-state index < -0.39 is 0 Å². The molecule has 0 aliphatic rings. The van der Waals surface area contributed by atoms with Gasteiger partial charge in [0.2, 0.25) is 0 Å². The second kappa shape index (κ2) is 6.39. The topological polar surface area (TPSA) is 60.0 Å². The van der Waals surface area contributed by atoms with Crippen LogP contribution in [0.5, 0.6) is 0 Å². The third kappa shape index (κ3) is 3.75. The predicted octanol–water partition coefficient (Wildman–Crippen LogP) is 0.796. The van der Waals surface area contributed by atoms with E-state index in [1.54, 1.807) is 6.08 Å². The lowest BCUT2D eigenvalue weighted by Crippen LogP contribution is -2.13. The van der Waals surface area contributed by atoms with Gasteiger partial charge >= 0.3 is 0 Å². The summed E-state index contributed by atoms with van der Waals surface area (Å²) in [6.45, 7) is 5.60. The summed E-state index contributed by atoms with van der Waals surface area (Å²) in [4.78, 5) is 7.94. The predicted molar refractivity (Wildman–Crippen MR) is 51.3 cm³/mol. The van der Waals surface area contributed by atoms with Crippen molar-refractivity contribution in [2.45, 2.75) is 13.1 Å². The molecule has 2 N–H and O–H groups in total. The van der Waals surface area contributed by atoms with E-state index >= 15 is 0 Å². The molecule has 0 aromatic carbocycles. The minimum absolute atomic E-state index is 0.149. The molecule has 4 heteroatoms. The Morgan fingerprint density at radius 2 is 2.17 bits per heavy atom. The van der Waals surface area contributed by atoms with Crippen molar-refractivity contribution in [1.29, 1.82) is 0 Å². The maximum absolute atomic E-state index is 5.15. The normalized spacial score (nSPS) is 16.5. The number of rotatable bonds is 5. The number of methoxy groups -OCH3 is 1. The third-order valence-electron chi connectivity index (χ3n) is 1.40. The SMILES string of the molecule is C=CC(C)C(/N=C\N)/N=C/OC. The van der Waals surface area contributed by atoms with Gasteiger partial charge in [-0.15, -0.1) is 6.58 Å². The Kier molecular flexibility index (Phi) is 5.69. The van der Waals surface area contributed by atoms with Crippen molar-refractivity contribution in [3.05, 3.63) is 12.7 Å². The van der Waals surface area contributed by atoms with E-state index in [4.69, 9.17) is 5.73 Å². The molecule has 0 aliphatic carbocycles. The monoisotopic (exact) mass is 169 g/mol. The Bertz CT molecular complexity index is 177. The van der Waals surface area contributed by atoms with Crippen LogP contribution in [0.25, 0.3) is 0 Å². The molecule has 0 saturated heterocycles. The molecule has 2 unspecified atom stereocenters. The average molecular weight is 169 g/mol. The van der Waals surface area contributed by atoms with Gasteiger partial charge < -0.3 is 10.5 Å². The molecular weight excluding hydrogens is 154 g/mol. The largest absolute Gasteiger partial charge is 0.487 e. The Hall–Kier alpha value is -1.32.